The molecular formula is C19H30N4O4. The zero-order valence-corrected chi connectivity index (χ0v) is 15.9. The van der Waals surface area contributed by atoms with Gasteiger partial charge in [0, 0.05) is 50.9 Å². The molecule has 1 aromatic carbocycles. The number of benzene rings is 1. The molecule has 1 fully saturated rings. The second-order valence-corrected chi connectivity index (χ2v) is 7.01. The summed E-state index contributed by atoms with van der Waals surface area (Å²) in [6, 6.07) is 6.73. The molecule has 1 unspecified atom stereocenters. The Morgan fingerprint density at radius 3 is 2.70 bits per heavy atom. The Morgan fingerprint density at radius 2 is 2.11 bits per heavy atom. The van der Waals surface area contributed by atoms with Gasteiger partial charge in [-0.1, -0.05) is 12.1 Å². The lowest BCUT2D eigenvalue weighted by Crippen LogP contribution is -2.44. The minimum absolute atomic E-state index is 0.0116. The van der Waals surface area contributed by atoms with Gasteiger partial charge in [-0.3, -0.25) is 15.1 Å². The number of guanidine groups is 1. The molecule has 0 aromatic heterocycles. The number of unbranched alkanes of at least 4 members (excludes halogenated alkanes) is 1. The van der Waals surface area contributed by atoms with Crippen LogP contribution >= 0.6 is 0 Å². The number of non-ortho nitro benzene ring substituents is 1. The molecule has 0 saturated carbocycles. The number of nitrogens with zero attached hydrogens (tertiary/aromatic N) is 2. The second-order valence-electron chi connectivity index (χ2n) is 7.01. The lowest BCUT2D eigenvalue weighted by Gasteiger charge is -2.27. The van der Waals surface area contributed by atoms with Crippen molar-refractivity contribution in [3.8, 4) is 0 Å². The third-order valence-corrected chi connectivity index (χ3v) is 5.01. The lowest BCUT2D eigenvalue weighted by molar-refractivity contribution is -0.384. The minimum Gasteiger partial charge on any atom is -0.396 e. The van der Waals surface area contributed by atoms with Crippen molar-refractivity contribution in [1.29, 1.82) is 0 Å². The van der Waals surface area contributed by atoms with Crippen molar-refractivity contribution in [1.82, 2.24) is 10.6 Å². The summed E-state index contributed by atoms with van der Waals surface area (Å²) in [4.78, 5) is 14.5. The molecule has 3 N–H and O–H groups in total. The molecule has 1 aromatic rings. The minimum atomic E-state index is -0.380. The maximum absolute atomic E-state index is 10.7. The molecule has 0 spiro atoms. The van der Waals surface area contributed by atoms with Gasteiger partial charge in [-0.2, -0.15) is 0 Å². The van der Waals surface area contributed by atoms with Gasteiger partial charge >= 0.3 is 0 Å². The first-order valence-corrected chi connectivity index (χ1v) is 9.45. The van der Waals surface area contributed by atoms with Crippen LogP contribution in [0, 0.1) is 15.5 Å². The zero-order chi connectivity index (χ0) is 19.5. The number of ether oxygens (including phenoxy) is 1. The third-order valence-electron chi connectivity index (χ3n) is 5.01. The van der Waals surface area contributed by atoms with E-state index in [1.807, 2.05) is 12.1 Å². The molecule has 0 bridgehead atoms. The molecule has 2 rings (SSSR count). The standard InChI is InChI=1S/C19H30N4O4/c1-20-18(22-14-19(9-12-24)10-13-27-15-19)21-11-3-2-4-16-5-7-17(8-6-16)23(25)26/h5-8,24H,2-4,9-15H2,1H3,(H2,20,21,22). The van der Waals surface area contributed by atoms with Crippen LogP contribution in [0.1, 0.15) is 31.2 Å². The molecule has 27 heavy (non-hydrogen) atoms. The highest BCUT2D eigenvalue weighted by molar-refractivity contribution is 5.79. The molecule has 1 heterocycles. The van der Waals surface area contributed by atoms with Crippen LogP contribution in [0.15, 0.2) is 29.3 Å². The Bertz CT molecular complexity index is 613. The van der Waals surface area contributed by atoms with E-state index >= 15 is 0 Å². The fraction of sp³-hybridized carbons (Fsp3) is 0.632. The monoisotopic (exact) mass is 378 g/mol. The Kier molecular flexibility index (Phi) is 8.47. The summed E-state index contributed by atoms with van der Waals surface area (Å²) in [7, 11) is 1.75. The Morgan fingerprint density at radius 1 is 1.33 bits per heavy atom. The summed E-state index contributed by atoms with van der Waals surface area (Å²) >= 11 is 0. The number of nitrogens with one attached hydrogen (secondary N) is 2. The Balaban J connectivity index is 1.65. The highest BCUT2D eigenvalue weighted by Gasteiger charge is 2.34. The summed E-state index contributed by atoms with van der Waals surface area (Å²) in [5, 5.41) is 26.6. The fourth-order valence-electron chi connectivity index (χ4n) is 3.25. The van der Waals surface area contributed by atoms with Crippen molar-refractivity contribution in [2.75, 3.05) is 40.0 Å². The van der Waals surface area contributed by atoms with E-state index in [4.69, 9.17) is 4.74 Å². The predicted molar refractivity (Wildman–Crippen MR) is 105 cm³/mol. The highest BCUT2D eigenvalue weighted by Crippen LogP contribution is 2.31. The summed E-state index contributed by atoms with van der Waals surface area (Å²) in [6.45, 7) is 3.12. The SMILES string of the molecule is CN=C(NCCCCc1ccc([N+](=O)[O-])cc1)NCC1(CCO)CCOC1. The molecule has 0 amide bonds. The Labute approximate surface area is 160 Å². The van der Waals surface area contributed by atoms with Gasteiger partial charge in [0.05, 0.1) is 11.5 Å². The van der Waals surface area contributed by atoms with E-state index in [0.717, 1.165) is 63.3 Å². The number of nitro benzene ring substituents is 1. The van der Waals surface area contributed by atoms with Gasteiger partial charge in [0.2, 0.25) is 0 Å². The number of nitro groups is 1. The van der Waals surface area contributed by atoms with E-state index in [2.05, 4.69) is 15.6 Å². The first kappa shape index (κ1) is 21.1. The number of aliphatic imine (C=N–C) groups is 1. The first-order valence-electron chi connectivity index (χ1n) is 9.45. The summed E-state index contributed by atoms with van der Waals surface area (Å²) < 4.78 is 5.51. The van der Waals surface area contributed by atoms with E-state index in [1.54, 1.807) is 19.2 Å². The molecule has 1 aliphatic rings. The van der Waals surface area contributed by atoms with E-state index in [1.165, 1.54) is 0 Å². The molecule has 8 heteroatoms. The number of aliphatic hydroxyl groups excluding tert-OH is 1. The number of aryl methyl sites for hydroxylation is 1. The highest BCUT2D eigenvalue weighted by atomic mass is 16.6. The molecule has 8 nitrogen and oxygen atoms in total. The average Bonchev–Trinajstić information content (AvgIpc) is 3.13. The van der Waals surface area contributed by atoms with Gasteiger partial charge in [0.1, 0.15) is 0 Å². The van der Waals surface area contributed by atoms with Crippen molar-refractivity contribution in [3.63, 3.8) is 0 Å². The molecule has 1 aliphatic heterocycles. The van der Waals surface area contributed by atoms with E-state index in [9.17, 15) is 15.2 Å². The zero-order valence-electron chi connectivity index (χ0n) is 15.9. The lowest BCUT2D eigenvalue weighted by atomic mass is 9.84. The third kappa shape index (κ3) is 6.80. The maximum atomic E-state index is 10.7. The van der Waals surface area contributed by atoms with Crippen molar-refractivity contribution >= 4 is 11.6 Å². The first-order chi connectivity index (χ1) is 13.1. The van der Waals surface area contributed by atoms with Gasteiger partial charge in [-0.05, 0) is 37.7 Å². The van der Waals surface area contributed by atoms with Gasteiger partial charge in [-0.25, -0.2) is 0 Å². The number of hydrogen-bond donors (Lipinski definition) is 3. The predicted octanol–water partition coefficient (Wildman–Crippen LogP) is 1.87. The van der Waals surface area contributed by atoms with E-state index in [0.29, 0.717) is 6.61 Å². The molecular weight excluding hydrogens is 348 g/mol. The number of rotatable bonds is 10. The molecule has 1 saturated heterocycles. The van der Waals surface area contributed by atoms with E-state index < -0.39 is 0 Å². The summed E-state index contributed by atoms with van der Waals surface area (Å²) in [5.41, 5.74) is 1.22. The van der Waals surface area contributed by atoms with Crippen molar-refractivity contribution in [2.45, 2.75) is 32.1 Å². The van der Waals surface area contributed by atoms with Gasteiger partial charge < -0.3 is 20.5 Å². The smallest absolute Gasteiger partial charge is 0.269 e. The average molecular weight is 378 g/mol. The van der Waals surface area contributed by atoms with Crippen LogP contribution in [0.5, 0.6) is 0 Å². The quantitative estimate of drug-likeness (QED) is 0.189. The van der Waals surface area contributed by atoms with E-state index in [-0.39, 0.29) is 22.6 Å². The van der Waals surface area contributed by atoms with Crippen molar-refractivity contribution in [3.05, 3.63) is 39.9 Å². The topological polar surface area (TPSA) is 109 Å². The largest absolute Gasteiger partial charge is 0.396 e. The number of aliphatic hydroxyl groups is 1. The normalized spacial score (nSPS) is 19.9. The van der Waals surface area contributed by atoms with Crippen LogP contribution in [0.4, 0.5) is 5.69 Å². The van der Waals surface area contributed by atoms with Gasteiger partial charge in [-0.15, -0.1) is 0 Å². The van der Waals surface area contributed by atoms with Crippen molar-refractivity contribution in [2.24, 2.45) is 10.4 Å². The van der Waals surface area contributed by atoms with Crippen molar-refractivity contribution < 1.29 is 14.8 Å². The van der Waals surface area contributed by atoms with Gasteiger partial charge in [0.25, 0.3) is 5.69 Å². The van der Waals surface area contributed by atoms with Gasteiger partial charge in [0.15, 0.2) is 5.96 Å². The maximum Gasteiger partial charge on any atom is 0.269 e. The van der Waals surface area contributed by atoms with Crippen LogP contribution in [0.2, 0.25) is 0 Å². The molecule has 150 valence electrons. The molecule has 0 radical (unpaired) electrons. The molecule has 1 atom stereocenters. The Hall–Kier alpha value is -2.19. The second kappa shape index (κ2) is 10.8. The van der Waals surface area contributed by atoms with Crippen LogP contribution in [0.3, 0.4) is 0 Å². The number of hydrogen-bond acceptors (Lipinski definition) is 5. The summed E-state index contributed by atoms with van der Waals surface area (Å²) in [5.74, 6) is 0.759. The van der Waals surface area contributed by atoms with Crippen LogP contribution in [0.25, 0.3) is 0 Å². The van der Waals surface area contributed by atoms with Crippen LogP contribution in [-0.2, 0) is 11.2 Å². The summed E-state index contributed by atoms with van der Waals surface area (Å²) in [6.07, 6.45) is 4.54. The van der Waals surface area contributed by atoms with Crippen LogP contribution < -0.4 is 10.6 Å². The molecule has 0 aliphatic carbocycles. The fourth-order valence-corrected chi connectivity index (χ4v) is 3.25. The van der Waals surface area contributed by atoms with Crippen LogP contribution in [-0.4, -0.2) is 55.9 Å².